The Labute approximate surface area is 112 Å². The van der Waals surface area contributed by atoms with E-state index in [0.717, 1.165) is 31.7 Å². The largest absolute Gasteiger partial charge is 0.354 e. The van der Waals surface area contributed by atoms with Crippen molar-refractivity contribution in [2.24, 2.45) is 0 Å². The summed E-state index contributed by atoms with van der Waals surface area (Å²) < 4.78 is 2.02. The quantitative estimate of drug-likeness (QED) is 0.821. The maximum Gasteiger partial charge on any atom is 0.128 e. The molecule has 0 amide bonds. The minimum absolute atomic E-state index is 0.404. The standard InChI is InChI=1S/C14H15N5/c15-9-12-4-5-14(16-10-12)18-7-1-3-13(11-18)19-8-2-6-17-19/h2,4-6,8,10,13H,1,3,7,11H2. The summed E-state index contributed by atoms with van der Waals surface area (Å²) in [5.74, 6) is 0.941. The van der Waals surface area contributed by atoms with Crippen molar-refractivity contribution in [2.75, 3.05) is 18.0 Å². The number of hydrogen-bond donors (Lipinski definition) is 0. The Morgan fingerprint density at radius 1 is 1.37 bits per heavy atom. The third-order valence-electron chi connectivity index (χ3n) is 3.50. The summed E-state index contributed by atoms with van der Waals surface area (Å²) in [6.07, 6.45) is 7.74. The molecule has 0 radical (unpaired) electrons. The molecule has 0 saturated carbocycles. The highest BCUT2D eigenvalue weighted by molar-refractivity contribution is 5.42. The summed E-state index contributed by atoms with van der Waals surface area (Å²) in [5.41, 5.74) is 0.601. The van der Waals surface area contributed by atoms with Gasteiger partial charge >= 0.3 is 0 Å². The first-order chi connectivity index (χ1) is 9.36. The maximum atomic E-state index is 8.79. The summed E-state index contributed by atoms with van der Waals surface area (Å²) in [5, 5.41) is 13.1. The first kappa shape index (κ1) is 11.7. The van der Waals surface area contributed by atoms with Crippen molar-refractivity contribution in [1.82, 2.24) is 14.8 Å². The van der Waals surface area contributed by atoms with Crippen LogP contribution in [0.1, 0.15) is 24.4 Å². The third-order valence-corrected chi connectivity index (χ3v) is 3.50. The first-order valence-corrected chi connectivity index (χ1v) is 6.47. The van der Waals surface area contributed by atoms with Crippen molar-refractivity contribution in [3.05, 3.63) is 42.4 Å². The van der Waals surface area contributed by atoms with Gasteiger partial charge in [-0.1, -0.05) is 0 Å². The Bertz CT molecular complexity index is 567. The summed E-state index contributed by atoms with van der Waals surface area (Å²) in [6.45, 7) is 1.93. The minimum Gasteiger partial charge on any atom is -0.354 e. The van der Waals surface area contributed by atoms with Gasteiger partial charge in [-0.15, -0.1) is 0 Å². The predicted molar refractivity (Wildman–Crippen MR) is 71.7 cm³/mol. The molecular formula is C14H15N5. The number of aromatic nitrogens is 3. The molecule has 0 aromatic carbocycles. The van der Waals surface area contributed by atoms with Crippen LogP contribution >= 0.6 is 0 Å². The van der Waals surface area contributed by atoms with E-state index in [4.69, 9.17) is 5.26 Å². The second-order valence-electron chi connectivity index (χ2n) is 4.75. The average Bonchev–Trinajstić information content (AvgIpc) is 3.02. The molecule has 1 aliphatic heterocycles. The van der Waals surface area contributed by atoms with Gasteiger partial charge < -0.3 is 4.90 Å². The summed E-state index contributed by atoms with van der Waals surface area (Å²) in [6, 6.07) is 8.19. The van der Waals surface area contributed by atoms with Gasteiger partial charge in [0, 0.05) is 31.7 Å². The van der Waals surface area contributed by atoms with Gasteiger partial charge in [-0.3, -0.25) is 4.68 Å². The first-order valence-electron chi connectivity index (χ1n) is 6.47. The van der Waals surface area contributed by atoms with E-state index in [1.54, 1.807) is 6.20 Å². The van der Waals surface area contributed by atoms with E-state index in [2.05, 4.69) is 21.1 Å². The molecule has 3 heterocycles. The van der Waals surface area contributed by atoms with Gasteiger partial charge in [-0.05, 0) is 31.0 Å². The molecule has 19 heavy (non-hydrogen) atoms. The van der Waals surface area contributed by atoms with Gasteiger partial charge in [0.1, 0.15) is 11.9 Å². The molecule has 0 N–H and O–H groups in total. The van der Waals surface area contributed by atoms with Crippen molar-refractivity contribution >= 4 is 5.82 Å². The van der Waals surface area contributed by atoms with Gasteiger partial charge in [0.05, 0.1) is 11.6 Å². The molecule has 5 nitrogen and oxygen atoms in total. The number of pyridine rings is 1. The van der Waals surface area contributed by atoms with Crippen LogP contribution in [-0.2, 0) is 0 Å². The highest BCUT2D eigenvalue weighted by atomic mass is 15.3. The molecule has 0 aliphatic carbocycles. The van der Waals surface area contributed by atoms with Crippen LogP contribution in [0.2, 0.25) is 0 Å². The van der Waals surface area contributed by atoms with E-state index >= 15 is 0 Å². The third kappa shape index (κ3) is 2.43. The van der Waals surface area contributed by atoms with Gasteiger partial charge in [0.15, 0.2) is 0 Å². The van der Waals surface area contributed by atoms with E-state index in [1.807, 2.05) is 35.3 Å². The molecule has 0 bridgehead atoms. The van der Waals surface area contributed by atoms with E-state index in [9.17, 15) is 0 Å². The van der Waals surface area contributed by atoms with Crippen molar-refractivity contribution in [3.8, 4) is 6.07 Å². The Morgan fingerprint density at radius 3 is 3.00 bits per heavy atom. The van der Waals surface area contributed by atoms with Crippen LogP contribution in [0.15, 0.2) is 36.8 Å². The van der Waals surface area contributed by atoms with Crippen LogP contribution in [0, 0.1) is 11.3 Å². The topological polar surface area (TPSA) is 57.7 Å². The predicted octanol–water partition coefficient (Wildman–Crippen LogP) is 1.99. The number of anilines is 1. The smallest absolute Gasteiger partial charge is 0.128 e. The Morgan fingerprint density at radius 2 is 2.32 bits per heavy atom. The monoisotopic (exact) mass is 253 g/mol. The van der Waals surface area contributed by atoms with E-state index in [-0.39, 0.29) is 0 Å². The number of piperidine rings is 1. The van der Waals surface area contributed by atoms with E-state index in [1.165, 1.54) is 0 Å². The molecular weight excluding hydrogens is 238 g/mol. The molecule has 5 heteroatoms. The molecule has 1 fully saturated rings. The van der Waals surface area contributed by atoms with Crippen LogP contribution < -0.4 is 4.90 Å². The molecule has 0 spiro atoms. The molecule has 1 aliphatic rings. The molecule has 1 unspecified atom stereocenters. The summed E-state index contributed by atoms with van der Waals surface area (Å²) >= 11 is 0. The zero-order valence-corrected chi connectivity index (χ0v) is 10.6. The van der Waals surface area contributed by atoms with Gasteiger partial charge in [0.25, 0.3) is 0 Å². The molecule has 2 aromatic rings. The number of nitrogens with zero attached hydrogens (tertiary/aromatic N) is 5. The molecule has 2 aromatic heterocycles. The molecule has 1 atom stereocenters. The number of hydrogen-bond acceptors (Lipinski definition) is 4. The van der Waals surface area contributed by atoms with E-state index < -0.39 is 0 Å². The Hall–Kier alpha value is -2.35. The van der Waals surface area contributed by atoms with Gasteiger partial charge in [0.2, 0.25) is 0 Å². The lowest BCUT2D eigenvalue weighted by Gasteiger charge is -2.33. The van der Waals surface area contributed by atoms with Crippen LogP contribution in [0.3, 0.4) is 0 Å². The maximum absolute atomic E-state index is 8.79. The lowest BCUT2D eigenvalue weighted by molar-refractivity contribution is 0.375. The number of rotatable bonds is 2. The second-order valence-corrected chi connectivity index (χ2v) is 4.75. The SMILES string of the molecule is N#Cc1ccc(N2CCCC(n3cccn3)C2)nc1. The molecule has 3 rings (SSSR count). The molecule has 96 valence electrons. The minimum atomic E-state index is 0.404. The zero-order valence-electron chi connectivity index (χ0n) is 10.6. The Balaban J connectivity index is 1.76. The summed E-state index contributed by atoms with van der Waals surface area (Å²) in [4.78, 5) is 6.62. The van der Waals surface area contributed by atoms with Crippen molar-refractivity contribution < 1.29 is 0 Å². The normalized spacial score (nSPS) is 19.1. The number of nitriles is 1. The molecule has 1 saturated heterocycles. The Kier molecular flexibility index (Phi) is 3.15. The highest BCUT2D eigenvalue weighted by Gasteiger charge is 2.22. The summed E-state index contributed by atoms with van der Waals surface area (Å²) in [7, 11) is 0. The van der Waals surface area contributed by atoms with Crippen LogP contribution in [0.4, 0.5) is 5.82 Å². The fourth-order valence-corrected chi connectivity index (χ4v) is 2.51. The van der Waals surface area contributed by atoms with Crippen LogP contribution in [0.5, 0.6) is 0 Å². The van der Waals surface area contributed by atoms with E-state index in [0.29, 0.717) is 11.6 Å². The van der Waals surface area contributed by atoms with Crippen molar-refractivity contribution in [1.29, 1.82) is 5.26 Å². The lowest BCUT2D eigenvalue weighted by Crippen LogP contribution is -2.37. The highest BCUT2D eigenvalue weighted by Crippen LogP contribution is 2.24. The fraction of sp³-hybridized carbons (Fsp3) is 0.357. The second kappa shape index (κ2) is 5.11. The van der Waals surface area contributed by atoms with Crippen LogP contribution in [0.25, 0.3) is 0 Å². The van der Waals surface area contributed by atoms with Gasteiger partial charge in [-0.2, -0.15) is 10.4 Å². The average molecular weight is 253 g/mol. The van der Waals surface area contributed by atoms with Gasteiger partial charge in [-0.25, -0.2) is 4.98 Å². The van der Waals surface area contributed by atoms with Crippen molar-refractivity contribution in [2.45, 2.75) is 18.9 Å². The zero-order chi connectivity index (χ0) is 13.1. The lowest BCUT2D eigenvalue weighted by atomic mass is 10.1. The fourth-order valence-electron chi connectivity index (χ4n) is 2.51. The van der Waals surface area contributed by atoms with Crippen LogP contribution in [-0.4, -0.2) is 27.9 Å². The van der Waals surface area contributed by atoms with Crippen molar-refractivity contribution in [3.63, 3.8) is 0 Å².